The van der Waals surface area contributed by atoms with Crippen LogP contribution in [-0.2, 0) is 0 Å². The summed E-state index contributed by atoms with van der Waals surface area (Å²) in [6.45, 7) is 10.7. The highest BCUT2D eigenvalue weighted by molar-refractivity contribution is 5.22. The van der Waals surface area contributed by atoms with Crippen molar-refractivity contribution < 1.29 is 4.39 Å². The van der Waals surface area contributed by atoms with Crippen molar-refractivity contribution in [3.8, 4) is 0 Å². The van der Waals surface area contributed by atoms with Gasteiger partial charge >= 0.3 is 0 Å². The van der Waals surface area contributed by atoms with Crippen molar-refractivity contribution >= 4 is 0 Å². The van der Waals surface area contributed by atoms with Gasteiger partial charge in [-0.15, -0.1) is 0 Å². The van der Waals surface area contributed by atoms with E-state index in [-0.39, 0.29) is 17.8 Å². The van der Waals surface area contributed by atoms with Crippen LogP contribution in [0.25, 0.3) is 4.85 Å². The second kappa shape index (κ2) is 4.04. The van der Waals surface area contributed by atoms with Crippen LogP contribution in [0, 0.1) is 12.4 Å². The number of nitrogens with zero attached hydrogens (tertiary/aromatic N) is 1. The minimum Gasteiger partial charge on any atom is -0.313 e. The Balaban J connectivity index is 2.84. The van der Waals surface area contributed by atoms with Crippen LogP contribution >= 0.6 is 0 Å². The highest BCUT2D eigenvalue weighted by Gasteiger charge is 2.17. The Morgan fingerprint density at radius 3 is 2.23 bits per heavy atom. The van der Waals surface area contributed by atoms with Gasteiger partial charge in [-0.25, -0.2) is 11.0 Å². The smallest absolute Gasteiger partial charge is 0.227 e. The lowest BCUT2D eigenvalue weighted by Crippen LogP contribution is -2.07. The van der Waals surface area contributed by atoms with Crippen LogP contribution < -0.4 is 0 Å². The van der Waals surface area contributed by atoms with Gasteiger partial charge in [0.05, 0.1) is 5.92 Å². The molecule has 0 aliphatic carbocycles. The quantitative estimate of drug-likeness (QED) is 0.611. The van der Waals surface area contributed by atoms with E-state index in [1.54, 1.807) is 12.1 Å². The number of halogens is 1. The van der Waals surface area contributed by atoms with Gasteiger partial charge in [-0.3, -0.25) is 0 Å². The van der Waals surface area contributed by atoms with Crippen molar-refractivity contribution in [2.75, 3.05) is 0 Å². The van der Waals surface area contributed by atoms with E-state index in [1.165, 1.54) is 12.1 Å². The van der Waals surface area contributed by atoms with Crippen LogP contribution in [0.3, 0.4) is 0 Å². The molecule has 0 bridgehead atoms. The summed E-state index contributed by atoms with van der Waals surface area (Å²) in [5.41, 5.74) is 1.02. The standard InChI is InChI=1S/C11H12FN/c1-8(9(2)13-3)10-4-6-11(12)7-5-10/h4-9H,1-2H3. The molecule has 0 fully saturated rings. The average molecular weight is 177 g/mol. The van der Waals surface area contributed by atoms with Crippen LogP contribution in [0.2, 0.25) is 0 Å². The lowest BCUT2D eigenvalue weighted by molar-refractivity contribution is 0.623. The van der Waals surface area contributed by atoms with Crippen molar-refractivity contribution in [3.63, 3.8) is 0 Å². The first-order valence-electron chi connectivity index (χ1n) is 4.27. The fourth-order valence-corrected chi connectivity index (χ4v) is 1.16. The average Bonchev–Trinajstić information content (AvgIpc) is 2.17. The van der Waals surface area contributed by atoms with Gasteiger partial charge in [0.25, 0.3) is 0 Å². The molecule has 1 aromatic carbocycles. The summed E-state index contributed by atoms with van der Waals surface area (Å²) in [5, 5.41) is 0. The molecular weight excluding hydrogens is 165 g/mol. The van der Waals surface area contributed by atoms with E-state index in [4.69, 9.17) is 6.57 Å². The van der Waals surface area contributed by atoms with E-state index in [9.17, 15) is 4.39 Å². The van der Waals surface area contributed by atoms with E-state index in [1.807, 2.05) is 13.8 Å². The normalized spacial score (nSPS) is 14.6. The SMILES string of the molecule is [C-]#[N+]C(C)C(C)c1ccc(F)cc1. The summed E-state index contributed by atoms with van der Waals surface area (Å²) in [5.74, 6) is -0.0653. The molecule has 0 radical (unpaired) electrons. The molecule has 0 aliphatic rings. The van der Waals surface area contributed by atoms with Crippen molar-refractivity contribution in [2.24, 2.45) is 0 Å². The van der Waals surface area contributed by atoms with E-state index in [0.717, 1.165) is 5.56 Å². The topological polar surface area (TPSA) is 4.36 Å². The van der Waals surface area contributed by atoms with Gasteiger partial charge in [0.2, 0.25) is 6.04 Å². The Morgan fingerprint density at radius 2 is 1.77 bits per heavy atom. The van der Waals surface area contributed by atoms with Crippen LogP contribution in [0.4, 0.5) is 4.39 Å². The number of rotatable bonds is 2. The lowest BCUT2D eigenvalue weighted by Gasteiger charge is -2.09. The van der Waals surface area contributed by atoms with Crippen LogP contribution in [0.1, 0.15) is 25.3 Å². The molecule has 2 unspecified atom stereocenters. The molecular formula is C11H12FN. The van der Waals surface area contributed by atoms with Gasteiger partial charge in [-0.1, -0.05) is 19.1 Å². The number of hydrogen-bond donors (Lipinski definition) is 0. The molecule has 0 N–H and O–H groups in total. The summed E-state index contributed by atoms with van der Waals surface area (Å²) in [7, 11) is 0. The second-order valence-electron chi connectivity index (χ2n) is 3.21. The van der Waals surface area contributed by atoms with Crippen LogP contribution in [0.5, 0.6) is 0 Å². The summed E-state index contributed by atoms with van der Waals surface area (Å²) >= 11 is 0. The zero-order chi connectivity index (χ0) is 9.84. The molecule has 0 saturated heterocycles. The minimum atomic E-state index is -0.230. The highest BCUT2D eigenvalue weighted by Crippen LogP contribution is 2.21. The molecule has 1 nitrogen and oxygen atoms in total. The Labute approximate surface area is 78.0 Å². The molecule has 0 aliphatic heterocycles. The Hall–Kier alpha value is -1.36. The molecule has 13 heavy (non-hydrogen) atoms. The largest absolute Gasteiger partial charge is 0.313 e. The summed E-state index contributed by atoms with van der Waals surface area (Å²) in [6, 6.07) is 6.29. The first kappa shape index (κ1) is 9.73. The third-order valence-corrected chi connectivity index (χ3v) is 2.32. The van der Waals surface area contributed by atoms with Gasteiger partial charge < -0.3 is 4.85 Å². The summed E-state index contributed by atoms with van der Waals surface area (Å²) < 4.78 is 12.6. The third kappa shape index (κ3) is 2.29. The molecule has 0 aromatic heterocycles. The van der Waals surface area contributed by atoms with Crippen molar-refractivity contribution in [3.05, 3.63) is 47.1 Å². The summed E-state index contributed by atoms with van der Waals surface area (Å²) in [6.07, 6.45) is 0. The van der Waals surface area contributed by atoms with E-state index >= 15 is 0 Å². The van der Waals surface area contributed by atoms with Crippen molar-refractivity contribution in [2.45, 2.75) is 25.8 Å². The summed E-state index contributed by atoms with van der Waals surface area (Å²) in [4.78, 5) is 3.44. The first-order chi connectivity index (χ1) is 6.15. The van der Waals surface area contributed by atoms with E-state index in [0.29, 0.717) is 0 Å². The van der Waals surface area contributed by atoms with Gasteiger partial charge in [0, 0.05) is 6.92 Å². The predicted molar refractivity (Wildman–Crippen MR) is 50.9 cm³/mol. The Kier molecular flexibility index (Phi) is 3.02. The fraction of sp³-hybridized carbons (Fsp3) is 0.364. The molecule has 0 heterocycles. The van der Waals surface area contributed by atoms with Gasteiger partial charge in [0.15, 0.2) is 0 Å². The molecule has 1 rings (SSSR count). The van der Waals surface area contributed by atoms with E-state index in [2.05, 4.69) is 4.85 Å². The van der Waals surface area contributed by atoms with Crippen LogP contribution in [0.15, 0.2) is 24.3 Å². The molecule has 2 heteroatoms. The fourth-order valence-electron chi connectivity index (χ4n) is 1.16. The van der Waals surface area contributed by atoms with Gasteiger partial charge in [0.1, 0.15) is 5.82 Å². The predicted octanol–water partition coefficient (Wildman–Crippen LogP) is 3.24. The monoisotopic (exact) mass is 177 g/mol. The zero-order valence-corrected chi connectivity index (χ0v) is 7.79. The second-order valence-corrected chi connectivity index (χ2v) is 3.21. The molecule has 68 valence electrons. The van der Waals surface area contributed by atoms with Gasteiger partial charge in [-0.05, 0) is 17.7 Å². The lowest BCUT2D eigenvalue weighted by atomic mass is 9.95. The van der Waals surface area contributed by atoms with E-state index < -0.39 is 0 Å². The Morgan fingerprint density at radius 1 is 1.23 bits per heavy atom. The maximum Gasteiger partial charge on any atom is 0.227 e. The molecule has 2 atom stereocenters. The maximum atomic E-state index is 12.6. The first-order valence-corrected chi connectivity index (χ1v) is 4.27. The van der Waals surface area contributed by atoms with Crippen LogP contribution in [-0.4, -0.2) is 6.04 Å². The van der Waals surface area contributed by atoms with Crippen molar-refractivity contribution in [1.29, 1.82) is 0 Å². The zero-order valence-electron chi connectivity index (χ0n) is 7.79. The Bertz CT molecular complexity index is 310. The maximum absolute atomic E-state index is 12.6. The highest BCUT2D eigenvalue weighted by atomic mass is 19.1. The third-order valence-electron chi connectivity index (χ3n) is 2.32. The van der Waals surface area contributed by atoms with Crippen molar-refractivity contribution in [1.82, 2.24) is 0 Å². The number of hydrogen-bond acceptors (Lipinski definition) is 0. The molecule has 0 saturated carbocycles. The molecule has 0 spiro atoms. The minimum absolute atomic E-state index is 0.0505. The molecule has 0 amide bonds. The molecule has 1 aromatic rings. The number of benzene rings is 1. The van der Waals surface area contributed by atoms with Gasteiger partial charge in [-0.2, -0.15) is 0 Å².